The molecule has 0 bridgehead atoms. The van der Waals surface area contributed by atoms with E-state index in [1.165, 1.54) is 32.0 Å². The molecule has 0 N–H and O–H groups in total. The van der Waals surface area contributed by atoms with Crippen molar-refractivity contribution in [2.24, 2.45) is 0 Å². The fourth-order valence-corrected chi connectivity index (χ4v) is 2.82. The normalized spacial score (nSPS) is 10.4. The van der Waals surface area contributed by atoms with E-state index in [1.807, 2.05) is 12.1 Å². The van der Waals surface area contributed by atoms with Gasteiger partial charge in [0.25, 0.3) is 5.69 Å². The molecule has 0 radical (unpaired) electrons. The minimum atomic E-state index is -0.653. The third-order valence-corrected chi connectivity index (χ3v) is 4.41. The van der Waals surface area contributed by atoms with Gasteiger partial charge in [-0.25, -0.2) is 4.79 Å². The van der Waals surface area contributed by atoms with E-state index in [1.54, 1.807) is 36.4 Å². The van der Waals surface area contributed by atoms with Gasteiger partial charge in [-0.3, -0.25) is 14.9 Å². The van der Waals surface area contributed by atoms with Gasteiger partial charge in [-0.1, -0.05) is 42.5 Å². The molecule has 3 aromatic rings. The lowest BCUT2D eigenvalue weighted by molar-refractivity contribution is -0.385. The molecular weight excluding hydrogens is 358 g/mol. The van der Waals surface area contributed by atoms with Crippen LogP contribution in [-0.2, 0) is 0 Å². The van der Waals surface area contributed by atoms with E-state index in [0.717, 1.165) is 11.1 Å². The van der Waals surface area contributed by atoms with Crippen LogP contribution >= 0.6 is 0 Å². The maximum absolute atomic E-state index is 12.4. The quantitative estimate of drug-likeness (QED) is 0.206. The summed E-state index contributed by atoms with van der Waals surface area (Å²) < 4.78 is 5.35. The van der Waals surface area contributed by atoms with E-state index >= 15 is 0 Å². The number of Topliss-reactive ketones (excluding diaryl/α,β-unsaturated/α-hetero) is 1. The van der Waals surface area contributed by atoms with Crippen LogP contribution in [0.2, 0.25) is 0 Å². The maximum atomic E-state index is 12.4. The highest BCUT2D eigenvalue weighted by atomic mass is 16.6. The van der Waals surface area contributed by atoms with Crippen LogP contribution in [0, 0.1) is 17.0 Å². The standard InChI is InChI=1S/C22H17NO5/c1-14-20(4-3-5-21(14)23(26)27)22(25)28-19-12-10-18(11-13-19)17-8-6-16(7-9-17)15(2)24/h3-13H,1-2H3. The number of carbonyl (C=O) groups excluding carboxylic acids is 2. The van der Waals surface area contributed by atoms with Gasteiger partial charge in [0.05, 0.1) is 10.5 Å². The van der Waals surface area contributed by atoms with Gasteiger partial charge in [0.15, 0.2) is 5.78 Å². The molecule has 0 saturated heterocycles. The Morgan fingerprint density at radius 1 is 0.893 bits per heavy atom. The van der Waals surface area contributed by atoms with Gasteiger partial charge in [-0.15, -0.1) is 0 Å². The van der Waals surface area contributed by atoms with Crippen molar-refractivity contribution in [2.75, 3.05) is 0 Å². The second-order valence-corrected chi connectivity index (χ2v) is 6.25. The van der Waals surface area contributed by atoms with Gasteiger partial charge in [0.1, 0.15) is 5.75 Å². The summed E-state index contributed by atoms with van der Waals surface area (Å²) in [7, 11) is 0. The molecular formula is C22H17NO5. The van der Waals surface area contributed by atoms with E-state index < -0.39 is 10.9 Å². The SMILES string of the molecule is CC(=O)c1ccc(-c2ccc(OC(=O)c3cccc([N+](=O)[O-])c3C)cc2)cc1. The zero-order valence-electron chi connectivity index (χ0n) is 15.3. The number of rotatable bonds is 5. The van der Waals surface area contributed by atoms with Gasteiger partial charge in [0.2, 0.25) is 0 Å². The van der Waals surface area contributed by atoms with Crippen molar-refractivity contribution < 1.29 is 19.2 Å². The molecule has 3 rings (SSSR count). The molecule has 0 atom stereocenters. The first kappa shape index (κ1) is 19.0. The molecule has 0 saturated carbocycles. The molecule has 0 aliphatic rings. The van der Waals surface area contributed by atoms with Crippen LogP contribution in [0.25, 0.3) is 11.1 Å². The number of carbonyl (C=O) groups is 2. The highest BCUT2D eigenvalue weighted by Crippen LogP contribution is 2.25. The van der Waals surface area contributed by atoms with E-state index in [-0.39, 0.29) is 22.6 Å². The summed E-state index contributed by atoms with van der Waals surface area (Å²) >= 11 is 0. The molecule has 0 aromatic heterocycles. The van der Waals surface area contributed by atoms with Crippen molar-refractivity contribution in [3.05, 3.63) is 93.5 Å². The van der Waals surface area contributed by atoms with Crippen LogP contribution in [-0.4, -0.2) is 16.7 Å². The van der Waals surface area contributed by atoms with Crippen LogP contribution in [0.1, 0.15) is 33.2 Å². The van der Waals surface area contributed by atoms with Gasteiger partial charge < -0.3 is 4.74 Å². The van der Waals surface area contributed by atoms with Crippen molar-refractivity contribution in [1.82, 2.24) is 0 Å². The minimum Gasteiger partial charge on any atom is -0.423 e. The number of benzene rings is 3. The molecule has 3 aromatic carbocycles. The number of hydrogen-bond acceptors (Lipinski definition) is 5. The van der Waals surface area contributed by atoms with Crippen molar-refractivity contribution in [1.29, 1.82) is 0 Å². The Bertz CT molecular complexity index is 1050. The first-order chi connectivity index (χ1) is 13.4. The molecule has 6 heteroatoms. The van der Waals surface area contributed by atoms with Gasteiger partial charge in [0, 0.05) is 17.2 Å². The van der Waals surface area contributed by atoms with Crippen molar-refractivity contribution in [3.63, 3.8) is 0 Å². The summed E-state index contributed by atoms with van der Waals surface area (Å²) in [6.07, 6.45) is 0. The summed E-state index contributed by atoms with van der Waals surface area (Å²) in [6.45, 7) is 3.03. The Morgan fingerprint density at radius 3 is 2.00 bits per heavy atom. The lowest BCUT2D eigenvalue weighted by atomic mass is 10.0. The summed E-state index contributed by atoms with van der Waals surface area (Å²) in [6, 6.07) is 18.4. The van der Waals surface area contributed by atoms with Crippen molar-refractivity contribution in [3.8, 4) is 16.9 Å². The minimum absolute atomic E-state index is 0.00486. The molecule has 0 unspecified atom stereocenters. The first-order valence-electron chi connectivity index (χ1n) is 8.54. The smallest absolute Gasteiger partial charge is 0.344 e. The molecule has 0 heterocycles. The number of hydrogen-bond donors (Lipinski definition) is 0. The molecule has 0 aliphatic heterocycles. The number of ether oxygens (including phenoxy) is 1. The fourth-order valence-electron chi connectivity index (χ4n) is 2.82. The van der Waals surface area contributed by atoms with Crippen molar-refractivity contribution in [2.45, 2.75) is 13.8 Å². The molecule has 0 fully saturated rings. The lowest BCUT2D eigenvalue weighted by Crippen LogP contribution is -2.11. The zero-order valence-corrected chi connectivity index (χ0v) is 15.3. The Morgan fingerprint density at radius 2 is 1.46 bits per heavy atom. The Hall–Kier alpha value is -3.80. The Balaban J connectivity index is 1.77. The number of ketones is 1. The predicted octanol–water partition coefficient (Wildman–Crippen LogP) is 4.99. The molecule has 140 valence electrons. The third kappa shape index (κ3) is 3.96. The van der Waals surface area contributed by atoms with Crippen LogP contribution in [0.15, 0.2) is 66.7 Å². The van der Waals surface area contributed by atoms with Crippen LogP contribution < -0.4 is 4.74 Å². The highest BCUT2D eigenvalue weighted by Gasteiger charge is 2.19. The monoisotopic (exact) mass is 375 g/mol. The molecule has 0 amide bonds. The number of nitro groups is 1. The summed E-state index contributed by atoms with van der Waals surface area (Å²) in [5, 5.41) is 11.0. The van der Waals surface area contributed by atoms with Crippen LogP contribution in [0.4, 0.5) is 5.69 Å². The Labute approximate surface area is 161 Å². The largest absolute Gasteiger partial charge is 0.423 e. The summed E-state index contributed by atoms with van der Waals surface area (Å²) in [5.74, 6) is -0.315. The van der Waals surface area contributed by atoms with Gasteiger partial charge >= 0.3 is 5.97 Å². The number of nitro benzene ring substituents is 1. The fraction of sp³-hybridized carbons (Fsp3) is 0.0909. The molecule has 28 heavy (non-hydrogen) atoms. The second kappa shape index (κ2) is 7.84. The average molecular weight is 375 g/mol. The molecule has 6 nitrogen and oxygen atoms in total. The Kier molecular flexibility index (Phi) is 5.31. The van der Waals surface area contributed by atoms with Gasteiger partial charge in [-0.05, 0) is 43.2 Å². The summed E-state index contributed by atoms with van der Waals surface area (Å²) in [4.78, 5) is 34.2. The summed E-state index contributed by atoms with van der Waals surface area (Å²) in [5.41, 5.74) is 2.76. The highest BCUT2D eigenvalue weighted by molar-refractivity contribution is 5.95. The topological polar surface area (TPSA) is 86.5 Å². The maximum Gasteiger partial charge on any atom is 0.344 e. The van der Waals surface area contributed by atoms with E-state index in [4.69, 9.17) is 4.74 Å². The third-order valence-electron chi connectivity index (χ3n) is 4.41. The zero-order chi connectivity index (χ0) is 20.3. The van der Waals surface area contributed by atoms with E-state index in [2.05, 4.69) is 0 Å². The number of nitrogens with zero attached hydrogens (tertiary/aromatic N) is 1. The van der Waals surface area contributed by atoms with Crippen molar-refractivity contribution >= 4 is 17.4 Å². The van der Waals surface area contributed by atoms with E-state index in [9.17, 15) is 19.7 Å². The predicted molar refractivity (Wildman–Crippen MR) is 105 cm³/mol. The first-order valence-corrected chi connectivity index (χ1v) is 8.54. The average Bonchev–Trinajstić information content (AvgIpc) is 2.68. The van der Waals surface area contributed by atoms with Crippen LogP contribution in [0.3, 0.4) is 0 Å². The lowest BCUT2D eigenvalue weighted by Gasteiger charge is -2.08. The van der Waals surface area contributed by atoms with E-state index in [0.29, 0.717) is 11.3 Å². The van der Waals surface area contributed by atoms with Crippen LogP contribution in [0.5, 0.6) is 5.75 Å². The van der Waals surface area contributed by atoms with Gasteiger partial charge in [-0.2, -0.15) is 0 Å². The molecule has 0 aliphatic carbocycles. The second-order valence-electron chi connectivity index (χ2n) is 6.25. The number of esters is 1. The molecule has 0 spiro atoms.